The Kier molecular flexibility index (Phi) is 5.48. The molecule has 2 aromatic rings. The quantitative estimate of drug-likeness (QED) is 0.461. The zero-order valence-corrected chi connectivity index (χ0v) is 14.3. The van der Waals surface area contributed by atoms with Crippen LogP contribution in [0.3, 0.4) is 0 Å². The van der Waals surface area contributed by atoms with E-state index in [1.54, 1.807) is 25.5 Å². The van der Waals surface area contributed by atoms with Gasteiger partial charge >= 0.3 is 0 Å². The number of benzene rings is 1. The highest BCUT2D eigenvalue weighted by Gasteiger charge is 2.45. The summed E-state index contributed by atoms with van der Waals surface area (Å²) < 4.78 is 19.6. The maximum absolute atomic E-state index is 14.0. The smallest absolute Gasteiger partial charge is 0.191 e. The first-order valence-electron chi connectivity index (χ1n) is 8.46. The third kappa shape index (κ3) is 4.47. The van der Waals surface area contributed by atoms with Gasteiger partial charge < -0.3 is 15.4 Å². The van der Waals surface area contributed by atoms with Gasteiger partial charge in [-0.2, -0.15) is 0 Å². The summed E-state index contributed by atoms with van der Waals surface area (Å²) >= 11 is 0. The summed E-state index contributed by atoms with van der Waals surface area (Å²) in [7, 11) is 1.72. The zero-order chi connectivity index (χ0) is 17.5. The Morgan fingerprint density at radius 2 is 2.08 bits per heavy atom. The van der Waals surface area contributed by atoms with Crippen LogP contribution in [0, 0.1) is 5.82 Å². The normalized spacial score (nSPS) is 15.5. The van der Waals surface area contributed by atoms with Gasteiger partial charge in [-0.15, -0.1) is 0 Å². The van der Waals surface area contributed by atoms with Crippen LogP contribution in [0.2, 0.25) is 0 Å². The van der Waals surface area contributed by atoms with E-state index >= 15 is 0 Å². The largest absolute Gasteiger partial charge is 0.490 e. The number of guanidine groups is 1. The van der Waals surface area contributed by atoms with E-state index in [1.807, 2.05) is 24.3 Å². The first-order valence-corrected chi connectivity index (χ1v) is 8.46. The molecule has 25 heavy (non-hydrogen) atoms. The van der Waals surface area contributed by atoms with Gasteiger partial charge in [-0.3, -0.25) is 9.98 Å². The molecule has 0 bridgehead atoms. The predicted molar refractivity (Wildman–Crippen MR) is 96.4 cm³/mol. The molecular weight excluding hydrogens is 319 g/mol. The van der Waals surface area contributed by atoms with Gasteiger partial charge in [0, 0.05) is 25.2 Å². The number of rotatable bonds is 7. The Bertz CT molecular complexity index is 716. The van der Waals surface area contributed by atoms with Crippen molar-refractivity contribution in [2.45, 2.75) is 18.3 Å². The maximum Gasteiger partial charge on any atom is 0.191 e. The minimum Gasteiger partial charge on any atom is -0.490 e. The van der Waals surface area contributed by atoms with Gasteiger partial charge in [0.25, 0.3) is 0 Å². The summed E-state index contributed by atoms with van der Waals surface area (Å²) in [4.78, 5) is 8.21. The second-order valence-corrected chi connectivity index (χ2v) is 6.15. The first-order chi connectivity index (χ1) is 12.2. The molecule has 0 spiro atoms. The van der Waals surface area contributed by atoms with Crippen molar-refractivity contribution in [1.29, 1.82) is 0 Å². The van der Waals surface area contributed by atoms with Crippen LogP contribution in [0.5, 0.6) is 5.75 Å². The molecule has 0 aliphatic heterocycles. The molecule has 1 fully saturated rings. The maximum atomic E-state index is 14.0. The van der Waals surface area contributed by atoms with Crippen molar-refractivity contribution in [3.63, 3.8) is 0 Å². The molecule has 0 unspecified atom stereocenters. The molecule has 132 valence electrons. The van der Waals surface area contributed by atoms with Crippen LogP contribution in [0.4, 0.5) is 4.39 Å². The second-order valence-electron chi connectivity index (χ2n) is 6.15. The number of hydrogen-bond donors (Lipinski definition) is 2. The summed E-state index contributed by atoms with van der Waals surface area (Å²) in [6.45, 7) is 1.78. The van der Waals surface area contributed by atoms with Gasteiger partial charge in [-0.05, 0) is 36.6 Å². The molecule has 1 heterocycles. The molecule has 1 aromatic heterocycles. The molecule has 6 heteroatoms. The van der Waals surface area contributed by atoms with Crippen molar-refractivity contribution in [2.24, 2.45) is 4.99 Å². The summed E-state index contributed by atoms with van der Waals surface area (Å²) in [6, 6.07) is 10.7. The van der Waals surface area contributed by atoms with Gasteiger partial charge in [0.2, 0.25) is 0 Å². The van der Waals surface area contributed by atoms with Crippen LogP contribution in [0.15, 0.2) is 53.8 Å². The van der Waals surface area contributed by atoms with Crippen LogP contribution in [-0.2, 0) is 5.41 Å². The average Bonchev–Trinajstić information content (AvgIpc) is 3.43. The summed E-state index contributed by atoms with van der Waals surface area (Å²) in [5.41, 5.74) is 0.674. The monoisotopic (exact) mass is 342 g/mol. The Morgan fingerprint density at radius 1 is 1.24 bits per heavy atom. The number of nitrogens with zero attached hydrogens (tertiary/aromatic N) is 2. The fourth-order valence-corrected chi connectivity index (χ4v) is 2.83. The molecule has 3 rings (SSSR count). The lowest BCUT2D eigenvalue weighted by Crippen LogP contribution is -2.42. The highest BCUT2D eigenvalue weighted by atomic mass is 19.1. The Labute approximate surface area is 147 Å². The fourth-order valence-electron chi connectivity index (χ4n) is 2.83. The summed E-state index contributed by atoms with van der Waals surface area (Å²) in [5.74, 6) is 1.30. The number of aromatic nitrogens is 1. The highest BCUT2D eigenvalue weighted by Crippen LogP contribution is 2.48. The number of aliphatic imine (C=N–C) groups is 1. The predicted octanol–water partition coefficient (Wildman–Crippen LogP) is 2.50. The molecule has 5 nitrogen and oxygen atoms in total. The summed E-state index contributed by atoms with van der Waals surface area (Å²) in [5, 5.41) is 6.51. The van der Waals surface area contributed by atoms with E-state index in [9.17, 15) is 4.39 Å². The van der Waals surface area contributed by atoms with Crippen molar-refractivity contribution >= 4 is 5.96 Å². The van der Waals surface area contributed by atoms with Crippen LogP contribution >= 0.6 is 0 Å². The molecule has 0 saturated heterocycles. The van der Waals surface area contributed by atoms with Gasteiger partial charge in [-0.1, -0.05) is 18.2 Å². The van der Waals surface area contributed by atoms with E-state index in [4.69, 9.17) is 4.74 Å². The van der Waals surface area contributed by atoms with Gasteiger partial charge in [-0.25, -0.2) is 4.39 Å². The topological polar surface area (TPSA) is 58.5 Å². The number of halogens is 1. The molecular formula is C19H23FN4O. The fraction of sp³-hybridized carbons (Fsp3) is 0.368. The SMILES string of the molecule is CN=C(NCCOc1cccnc1)NCC1(c2ccccc2F)CC1. The molecule has 0 amide bonds. The summed E-state index contributed by atoms with van der Waals surface area (Å²) in [6.07, 6.45) is 5.36. The van der Waals surface area contributed by atoms with E-state index in [2.05, 4.69) is 20.6 Å². The van der Waals surface area contributed by atoms with Crippen molar-refractivity contribution < 1.29 is 9.13 Å². The van der Waals surface area contributed by atoms with Gasteiger partial charge in [0.15, 0.2) is 5.96 Å². The minimum atomic E-state index is -0.130. The van der Waals surface area contributed by atoms with Crippen molar-refractivity contribution in [2.75, 3.05) is 26.7 Å². The second kappa shape index (κ2) is 7.96. The molecule has 0 atom stereocenters. The lowest BCUT2D eigenvalue weighted by Gasteiger charge is -2.19. The molecule has 1 aliphatic rings. The lowest BCUT2D eigenvalue weighted by molar-refractivity contribution is 0.320. The Balaban J connectivity index is 1.45. The van der Waals surface area contributed by atoms with Crippen molar-refractivity contribution in [3.8, 4) is 5.75 Å². The van der Waals surface area contributed by atoms with Crippen LogP contribution in [0.1, 0.15) is 18.4 Å². The van der Waals surface area contributed by atoms with Gasteiger partial charge in [0.1, 0.15) is 18.2 Å². The Hall–Kier alpha value is -2.63. The molecule has 1 saturated carbocycles. The van der Waals surface area contributed by atoms with E-state index < -0.39 is 0 Å². The molecule has 2 N–H and O–H groups in total. The van der Waals surface area contributed by atoms with E-state index in [-0.39, 0.29) is 11.2 Å². The minimum absolute atomic E-state index is 0.116. The first kappa shape index (κ1) is 17.2. The number of ether oxygens (including phenoxy) is 1. The number of nitrogens with one attached hydrogen (secondary N) is 2. The Morgan fingerprint density at radius 3 is 2.76 bits per heavy atom. The third-order valence-corrected chi connectivity index (χ3v) is 4.41. The van der Waals surface area contributed by atoms with Gasteiger partial charge in [0.05, 0.1) is 12.7 Å². The number of pyridine rings is 1. The van der Waals surface area contributed by atoms with E-state index in [0.717, 1.165) is 24.2 Å². The molecule has 1 aliphatic carbocycles. The van der Waals surface area contributed by atoms with E-state index in [0.29, 0.717) is 25.7 Å². The van der Waals surface area contributed by atoms with Crippen LogP contribution in [0.25, 0.3) is 0 Å². The lowest BCUT2D eigenvalue weighted by atomic mass is 9.95. The standard InChI is InChI=1S/C19H23FN4O/c1-21-18(23-11-12-25-15-5-4-10-22-13-15)24-14-19(8-9-19)16-6-2-3-7-17(16)20/h2-7,10,13H,8-9,11-12,14H2,1H3,(H2,21,23,24). The van der Waals surface area contributed by atoms with Crippen LogP contribution in [-0.4, -0.2) is 37.7 Å². The average molecular weight is 342 g/mol. The van der Waals surface area contributed by atoms with E-state index in [1.165, 1.54) is 6.07 Å². The van der Waals surface area contributed by atoms with Crippen molar-refractivity contribution in [1.82, 2.24) is 15.6 Å². The number of hydrogen-bond acceptors (Lipinski definition) is 3. The third-order valence-electron chi connectivity index (χ3n) is 4.41. The van der Waals surface area contributed by atoms with Crippen molar-refractivity contribution in [3.05, 3.63) is 60.2 Å². The van der Waals surface area contributed by atoms with Crippen LogP contribution < -0.4 is 15.4 Å². The zero-order valence-electron chi connectivity index (χ0n) is 14.3. The highest BCUT2D eigenvalue weighted by molar-refractivity contribution is 5.79. The molecule has 1 aromatic carbocycles. The molecule has 0 radical (unpaired) electrons.